The van der Waals surface area contributed by atoms with Crippen LogP contribution in [0.5, 0.6) is 5.75 Å². The smallest absolute Gasteiger partial charge is 0.306 e. The van der Waals surface area contributed by atoms with E-state index in [9.17, 15) is 9.59 Å². The highest BCUT2D eigenvalue weighted by Crippen LogP contribution is 2.27. The zero-order valence-electron chi connectivity index (χ0n) is 12.5. The van der Waals surface area contributed by atoms with E-state index in [0.717, 1.165) is 0 Å². The van der Waals surface area contributed by atoms with E-state index in [1.54, 1.807) is 30.3 Å². The second-order valence-electron chi connectivity index (χ2n) is 4.63. The van der Waals surface area contributed by atoms with Crippen LogP contribution in [-0.4, -0.2) is 25.6 Å². The van der Waals surface area contributed by atoms with Gasteiger partial charge in [0.05, 0.1) is 25.5 Å². The van der Waals surface area contributed by atoms with Gasteiger partial charge in [0.2, 0.25) is 0 Å². The number of carbonyl (C=O) groups excluding carboxylic acids is 2. The minimum absolute atomic E-state index is 0.140. The lowest BCUT2D eigenvalue weighted by molar-refractivity contribution is -0.147. The van der Waals surface area contributed by atoms with Crippen LogP contribution in [0.25, 0.3) is 0 Å². The maximum absolute atomic E-state index is 11.8. The van der Waals surface area contributed by atoms with E-state index >= 15 is 0 Å². The molecule has 6 nitrogen and oxygen atoms in total. The Bertz CT molecular complexity index is 669. The monoisotopic (exact) mass is 337 g/mol. The zero-order valence-corrected chi connectivity index (χ0v) is 13.3. The molecule has 2 rings (SSSR count). The number of furan rings is 1. The molecule has 0 aliphatic heterocycles. The first-order valence-electron chi connectivity index (χ1n) is 6.90. The van der Waals surface area contributed by atoms with Gasteiger partial charge in [0.15, 0.2) is 6.61 Å². The minimum Gasteiger partial charge on any atom is -0.495 e. The van der Waals surface area contributed by atoms with Crippen LogP contribution in [-0.2, 0) is 20.7 Å². The molecule has 0 saturated heterocycles. The molecular formula is C16H16ClNO5. The van der Waals surface area contributed by atoms with Gasteiger partial charge in [-0.2, -0.15) is 0 Å². The van der Waals surface area contributed by atoms with E-state index in [4.69, 9.17) is 25.5 Å². The van der Waals surface area contributed by atoms with Crippen molar-refractivity contribution in [2.75, 3.05) is 19.0 Å². The van der Waals surface area contributed by atoms with Crippen molar-refractivity contribution in [3.8, 4) is 5.75 Å². The summed E-state index contributed by atoms with van der Waals surface area (Å²) in [5.74, 6) is 0.202. The maximum atomic E-state index is 11.8. The molecule has 23 heavy (non-hydrogen) atoms. The summed E-state index contributed by atoms with van der Waals surface area (Å²) in [5.41, 5.74) is 0.414. The van der Waals surface area contributed by atoms with Gasteiger partial charge in [-0.15, -0.1) is 0 Å². The molecule has 0 aliphatic carbocycles. The summed E-state index contributed by atoms with van der Waals surface area (Å²) in [6.45, 7) is -0.382. The highest BCUT2D eigenvalue weighted by atomic mass is 35.5. The second kappa shape index (κ2) is 8.24. The van der Waals surface area contributed by atoms with Crippen molar-refractivity contribution in [1.82, 2.24) is 0 Å². The molecule has 0 unspecified atom stereocenters. The average molecular weight is 338 g/mol. The Morgan fingerprint density at radius 2 is 2.13 bits per heavy atom. The Hall–Kier alpha value is -2.47. The van der Waals surface area contributed by atoms with E-state index in [1.807, 2.05) is 0 Å². The third-order valence-electron chi connectivity index (χ3n) is 2.96. The molecule has 7 heteroatoms. The molecular weight excluding hydrogens is 322 g/mol. The molecule has 0 fully saturated rings. The van der Waals surface area contributed by atoms with E-state index in [2.05, 4.69) is 5.32 Å². The van der Waals surface area contributed by atoms with Crippen LogP contribution in [0, 0.1) is 0 Å². The molecule has 0 saturated carbocycles. The van der Waals surface area contributed by atoms with E-state index in [-0.39, 0.29) is 13.0 Å². The summed E-state index contributed by atoms with van der Waals surface area (Å²) in [7, 11) is 1.48. The number of aryl methyl sites for hydroxylation is 1. The van der Waals surface area contributed by atoms with Crippen LogP contribution in [0.15, 0.2) is 41.0 Å². The molecule has 0 atom stereocenters. The fourth-order valence-electron chi connectivity index (χ4n) is 1.86. The lowest BCUT2D eigenvalue weighted by Gasteiger charge is -2.10. The molecule has 1 aromatic heterocycles. The number of anilines is 1. The van der Waals surface area contributed by atoms with Gasteiger partial charge in [0, 0.05) is 11.4 Å². The second-order valence-corrected chi connectivity index (χ2v) is 5.07. The SMILES string of the molecule is COc1ccc(Cl)cc1NC(=O)COC(=O)CCc1ccco1. The number of amides is 1. The quantitative estimate of drug-likeness (QED) is 0.786. The van der Waals surface area contributed by atoms with Crippen LogP contribution in [0.1, 0.15) is 12.2 Å². The summed E-state index contributed by atoms with van der Waals surface area (Å²) < 4.78 is 15.1. The largest absolute Gasteiger partial charge is 0.495 e. The van der Waals surface area contributed by atoms with Gasteiger partial charge in [0.25, 0.3) is 5.91 Å². The van der Waals surface area contributed by atoms with Crippen LogP contribution in [0.4, 0.5) is 5.69 Å². The number of esters is 1. The number of hydrogen-bond acceptors (Lipinski definition) is 5. The van der Waals surface area contributed by atoms with Crippen LogP contribution < -0.4 is 10.1 Å². The number of rotatable bonds is 7. The van der Waals surface area contributed by atoms with Gasteiger partial charge in [-0.3, -0.25) is 9.59 Å². The van der Waals surface area contributed by atoms with Crippen molar-refractivity contribution in [2.24, 2.45) is 0 Å². The van der Waals surface area contributed by atoms with Crippen molar-refractivity contribution in [2.45, 2.75) is 12.8 Å². The summed E-state index contributed by atoms with van der Waals surface area (Å²) in [6.07, 6.45) is 2.10. The van der Waals surface area contributed by atoms with Crippen LogP contribution in [0.3, 0.4) is 0 Å². The summed E-state index contributed by atoms with van der Waals surface area (Å²) >= 11 is 5.87. The zero-order chi connectivity index (χ0) is 16.7. The molecule has 0 bridgehead atoms. The number of nitrogens with one attached hydrogen (secondary N) is 1. The number of hydrogen-bond donors (Lipinski definition) is 1. The van der Waals surface area contributed by atoms with E-state index < -0.39 is 11.9 Å². The first-order chi connectivity index (χ1) is 11.1. The predicted octanol–water partition coefficient (Wildman–Crippen LogP) is 3.06. The highest BCUT2D eigenvalue weighted by molar-refractivity contribution is 6.31. The standard InChI is InChI=1S/C16H16ClNO5/c1-21-14-6-4-11(17)9-13(14)18-15(19)10-23-16(20)7-5-12-3-2-8-22-12/h2-4,6,8-9H,5,7,10H2,1H3,(H,18,19). The van der Waals surface area contributed by atoms with Gasteiger partial charge in [-0.1, -0.05) is 11.6 Å². The van der Waals surface area contributed by atoms with Crippen molar-refractivity contribution < 1.29 is 23.5 Å². The first-order valence-corrected chi connectivity index (χ1v) is 7.27. The number of halogens is 1. The minimum atomic E-state index is -0.477. The highest BCUT2D eigenvalue weighted by Gasteiger charge is 2.11. The summed E-state index contributed by atoms with van der Waals surface area (Å²) in [6, 6.07) is 8.34. The van der Waals surface area contributed by atoms with Gasteiger partial charge in [-0.05, 0) is 30.3 Å². The molecule has 1 N–H and O–H groups in total. The Morgan fingerprint density at radius 1 is 1.30 bits per heavy atom. The van der Waals surface area contributed by atoms with Gasteiger partial charge in [0.1, 0.15) is 11.5 Å². The first kappa shape index (κ1) is 16.9. The van der Waals surface area contributed by atoms with Gasteiger partial charge < -0.3 is 19.2 Å². The molecule has 0 aliphatic rings. The van der Waals surface area contributed by atoms with Crippen molar-refractivity contribution in [3.63, 3.8) is 0 Å². The Morgan fingerprint density at radius 3 is 2.83 bits per heavy atom. The van der Waals surface area contributed by atoms with Gasteiger partial charge in [-0.25, -0.2) is 0 Å². The number of carbonyl (C=O) groups is 2. The molecule has 1 amide bonds. The predicted molar refractivity (Wildman–Crippen MR) is 84.6 cm³/mol. The normalized spacial score (nSPS) is 10.2. The third kappa shape index (κ3) is 5.34. The molecule has 2 aromatic rings. The van der Waals surface area contributed by atoms with Crippen molar-refractivity contribution >= 4 is 29.2 Å². The Labute approximate surface area is 138 Å². The number of methoxy groups -OCH3 is 1. The molecule has 0 spiro atoms. The molecule has 1 heterocycles. The van der Waals surface area contributed by atoms with Crippen LogP contribution >= 0.6 is 11.6 Å². The average Bonchev–Trinajstić information content (AvgIpc) is 3.04. The van der Waals surface area contributed by atoms with Crippen molar-refractivity contribution in [1.29, 1.82) is 0 Å². The van der Waals surface area contributed by atoms with E-state index in [0.29, 0.717) is 28.6 Å². The lowest BCUT2D eigenvalue weighted by Crippen LogP contribution is -2.21. The maximum Gasteiger partial charge on any atom is 0.306 e. The fourth-order valence-corrected chi connectivity index (χ4v) is 2.03. The Balaban J connectivity index is 1.78. The summed E-state index contributed by atoms with van der Waals surface area (Å²) in [4.78, 5) is 23.4. The van der Waals surface area contributed by atoms with Crippen LogP contribution in [0.2, 0.25) is 5.02 Å². The lowest BCUT2D eigenvalue weighted by atomic mass is 10.2. The molecule has 122 valence electrons. The van der Waals surface area contributed by atoms with E-state index in [1.165, 1.54) is 13.4 Å². The van der Waals surface area contributed by atoms with Crippen molar-refractivity contribution in [3.05, 3.63) is 47.4 Å². The summed E-state index contributed by atoms with van der Waals surface area (Å²) in [5, 5.41) is 3.04. The number of benzene rings is 1. The molecule has 0 radical (unpaired) electrons. The third-order valence-corrected chi connectivity index (χ3v) is 3.19. The number of ether oxygens (including phenoxy) is 2. The molecule has 1 aromatic carbocycles. The Kier molecular flexibility index (Phi) is 6.05. The van der Waals surface area contributed by atoms with Gasteiger partial charge >= 0.3 is 5.97 Å². The fraction of sp³-hybridized carbons (Fsp3) is 0.250. The topological polar surface area (TPSA) is 77.8 Å².